The van der Waals surface area contributed by atoms with Crippen molar-refractivity contribution in [3.63, 3.8) is 0 Å². The summed E-state index contributed by atoms with van der Waals surface area (Å²) in [7, 11) is 0. The molecule has 1 aromatic rings. The number of hydrogen-bond donors (Lipinski definition) is 1. The van der Waals surface area contributed by atoms with Crippen LogP contribution in [0.4, 0.5) is 0 Å². The maximum absolute atomic E-state index is 12.2. The van der Waals surface area contributed by atoms with E-state index in [1.807, 2.05) is 23.2 Å². The summed E-state index contributed by atoms with van der Waals surface area (Å²) >= 11 is 1.81. The summed E-state index contributed by atoms with van der Waals surface area (Å²) in [5, 5.41) is 5.36. The SMILES string of the molecule is CCNCC(C)C(=O)N1CCc2sccc2C1. The molecule has 1 aromatic heterocycles. The Balaban J connectivity index is 1.93. The molecule has 1 atom stereocenters. The molecule has 1 aliphatic rings. The molecule has 0 fully saturated rings. The Morgan fingerprint density at radius 2 is 2.47 bits per heavy atom. The summed E-state index contributed by atoms with van der Waals surface area (Å²) in [4.78, 5) is 15.7. The van der Waals surface area contributed by atoms with E-state index in [-0.39, 0.29) is 11.8 Å². The van der Waals surface area contributed by atoms with Crippen molar-refractivity contribution in [1.82, 2.24) is 10.2 Å². The molecular weight excluding hydrogens is 232 g/mol. The molecule has 4 heteroatoms. The highest BCUT2D eigenvalue weighted by Crippen LogP contribution is 2.24. The van der Waals surface area contributed by atoms with Crippen molar-refractivity contribution in [2.45, 2.75) is 26.8 Å². The van der Waals surface area contributed by atoms with Gasteiger partial charge in [-0.25, -0.2) is 0 Å². The first-order chi connectivity index (χ1) is 8.22. The Morgan fingerprint density at radius 1 is 1.65 bits per heavy atom. The summed E-state index contributed by atoms with van der Waals surface area (Å²) in [6.45, 7) is 7.45. The maximum Gasteiger partial charge on any atom is 0.226 e. The van der Waals surface area contributed by atoms with Crippen molar-refractivity contribution in [2.75, 3.05) is 19.6 Å². The minimum Gasteiger partial charge on any atom is -0.338 e. The zero-order chi connectivity index (χ0) is 12.3. The van der Waals surface area contributed by atoms with E-state index in [0.717, 1.165) is 32.6 Å². The molecule has 0 aromatic carbocycles. The highest BCUT2D eigenvalue weighted by Gasteiger charge is 2.24. The van der Waals surface area contributed by atoms with Gasteiger partial charge in [-0.05, 0) is 30.0 Å². The molecule has 0 saturated carbocycles. The van der Waals surface area contributed by atoms with E-state index < -0.39 is 0 Å². The zero-order valence-electron chi connectivity index (χ0n) is 10.5. The van der Waals surface area contributed by atoms with Gasteiger partial charge >= 0.3 is 0 Å². The van der Waals surface area contributed by atoms with Crippen LogP contribution in [0.3, 0.4) is 0 Å². The van der Waals surface area contributed by atoms with Crippen molar-refractivity contribution < 1.29 is 4.79 Å². The minimum absolute atomic E-state index is 0.0788. The number of nitrogens with zero attached hydrogens (tertiary/aromatic N) is 1. The fourth-order valence-electron chi connectivity index (χ4n) is 2.20. The van der Waals surface area contributed by atoms with E-state index in [1.165, 1.54) is 10.4 Å². The first kappa shape index (κ1) is 12.6. The number of thiophene rings is 1. The fraction of sp³-hybridized carbons (Fsp3) is 0.615. The molecule has 2 rings (SSSR count). The zero-order valence-corrected chi connectivity index (χ0v) is 11.3. The van der Waals surface area contributed by atoms with Crippen molar-refractivity contribution in [1.29, 1.82) is 0 Å². The number of carbonyl (C=O) groups is 1. The van der Waals surface area contributed by atoms with Crippen LogP contribution < -0.4 is 5.32 Å². The largest absolute Gasteiger partial charge is 0.338 e. The normalized spacial score (nSPS) is 16.7. The summed E-state index contributed by atoms with van der Waals surface area (Å²) in [5.74, 6) is 0.359. The van der Waals surface area contributed by atoms with Gasteiger partial charge in [0.2, 0.25) is 5.91 Å². The molecule has 3 nitrogen and oxygen atoms in total. The predicted octanol–water partition coefficient (Wildman–Crippen LogP) is 1.88. The van der Waals surface area contributed by atoms with Crippen molar-refractivity contribution in [3.05, 3.63) is 21.9 Å². The van der Waals surface area contributed by atoms with Gasteiger partial charge in [-0.15, -0.1) is 11.3 Å². The third-order valence-electron chi connectivity index (χ3n) is 3.24. The standard InChI is InChI=1S/C13H20N2OS/c1-3-14-8-10(2)13(16)15-6-4-12-11(9-15)5-7-17-12/h5,7,10,14H,3-4,6,8-9H2,1-2H3. The Labute approximate surface area is 107 Å². The van der Waals surface area contributed by atoms with Crippen LogP contribution in [0.2, 0.25) is 0 Å². The highest BCUT2D eigenvalue weighted by molar-refractivity contribution is 7.10. The second kappa shape index (κ2) is 5.65. The van der Waals surface area contributed by atoms with E-state index in [4.69, 9.17) is 0 Å². The second-order valence-corrected chi connectivity index (χ2v) is 5.59. The summed E-state index contributed by atoms with van der Waals surface area (Å²) in [6, 6.07) is 2.15. The number of rotatable bonds is 4. The molecule has 1 N–H and O–H groups in total. The summed E-state index contributed by atoms with van der Waals surface area (Å²) < 4.78 is 0. The lowest BCUT2D eigenvalue weighted by Crippen LogP contribution is -2.41. The number of amides is 1. The lowest BCUT2D eigenvalue weighted by molar-refractivity contribution is -0.135. The van der Waals surface area contributed by atoms with Gasteiger partial charge in [-0.2, -0.15) is 0 Å². The van der Waals surface area contributed by atoms with Crippen molar-refractivity contribution in [2.24, 2.45) is 5.92 Å². The molecular formula is C13H20N2OS. The molecule has 0 aliphatic carbocycles. The molecule has 17 heavy (non-hydrogen) atoms. The molecule has 1 amide bonds. The lowest BCUT2D eigenvalue weighted by atomic mass is 10.1. The van der Waals surface area contributed by atoms with E-state index >= 15 is 0 Å². The van der Waals surface area contributed by atoms with Gasteiger partial charge in [0.25, 0.3) is 0 Å². The van der Waals surface area contributed by atoms with Crippen LogP contribution in [0, 0.1) is 5.92 Å². The molecule has 0 spiro atoms. The van der Waals surface area contributed by atoms with Crippen LogP contribution in [0.15, 0.2) is 11.4 Å². The Bertz CT molecular complexity index is 389. The quantitative estimate of drug-likeness (QED) is 0.887. The van der Waals surface area contributed by atoms with Crippen LogP contribution >= 0.6 is 11.3 Å². The molecule has 0 radical (unpaired) electrons. The first-order valence-electron chi connectivity index (χ1n) is 6.27. The van der Waals surface area contributed by atoms with Crippen LogP contribution in [0.25, 0.3) is 0 Å². The third-order valence-corrected chi connectivity index (χ3v) is 4.26. The van der Waals surface area contributed by atoms with Gasteiger partial charge in [0.15, 0.2) is 0 Å². The fourth-order valence-corrected chi connectivity index (χ4v) is 3.09. The van der Waals surface area contributed by atoms with Gasteiger partial charge in [-0.1, -0.05) is 13.8 Å². The van der Waals surface area contributed by atoms with Gasteiger partial charge in [-0.3, -0.25) is 4.79 Å². The van der Waals surface area contributed by atoms with Crippen LogP contribution in [-0.4, -0.2) is 30.4 Å². The molecule has 2 heterocycles. The third kappa shape index (κ3) is 2.87. The minimum atomic E-state index is 0.0788. The Kier molecular flexibility index (Phi) is 4.18. The van der Waals surface area contributed by atoms with Gasteiger partial charge in [0, 0.05) is 30.4 Å². The molecule has 0 bridgehead atoms. The van der Waals surface area contributed by atoms with Gasteiger partial charge in [0.05, 0.1) is 0 Å². The summed E-state index contributed by atoms with van der Waals surface area (Å²) in [5.41, 5.74) is 1.34. The van der Waals surface area contributed by atoms with E-state index in [9.17, 15) is 4.79 Å². The Morgan fingerprint density at radius 3 is 3.24 bits per heavy atom. The van der Waals surface area contributed by atoms with Crippen molar-refractivity contribution in [3.8, 4) is 0 Å². The van der Waals surface area contributed by atoms with Gasteiger partial charge in [0.1, 0.15) is 0 Å². The lowest BCUT2D eigenvalue weighted by Gasteiger charge is -2.29. The predicted molar refractivity (Wildman–Crippen MR) is 71.1 cm³/mol. The topological polar surface area (TPSA) is 32.3 Å². The smallest absolute Gasteiger partial charge is 0.226 e. The maximum atomic E-state index is 12.2. The van der Waals surface area contributed by atoms with Crippen LogP contribution in [-0.2, 0) is 17.8 Å². The van der Waals surface area contributed by atoms with Crippen molar-refractivity contribution >= 4 is 17.2 Å². The first-order valence-corrected chi connectivity index (χ1v) is 7.15. The number of nitrogens with one attached hydrogen (secondary N) is 1. The average molecular weight is 252 g/mol. The Hall–Kier alpha value is -0.870. The van der Waals surface area contributed by atoms with E-state index in [2.05, 4.69) is 23.7 Å². The van der Waals surface area contributed by atoms with Crippen LogP contribution in [0.1, 0.15) is 24.3 Å². The molecule has 94 valence electrons. The molecule has 1 aliphatic heterocycles. The number of hydrogen-bond acceptors (Lipinski definition) is 3. The highest BCUT2D eigenvalue weighted by atomic mass is 32.1. The molecule has 1 unspecified atom stereocenters. The van der Waals surface area contributed by atoms with Gasteiger partial charge < -0.3 is 10.2 Å². The van der Waals surface area contributed by atoms with Crippen LogP contribution in [0.5, 0.6) is 0 Å². The second-order valence-electron chi connectivity index (χ2n) is 4.59. The number of fused-ring (bicyclic) bond motifs is 1. The average Bonchev–Trinajstić information content (AvgIpc) is 2.81. The monoisotopic (exact) mass is 252 g/mol. The molecule has 0 saturated heterocycles. The van der Waals surface area contributed by atoms with E-state index in [0.29, 0.717) is 0 Å². The number of carbonyl (C=O) groups excluding carboxylic acids is 1. The summed E-state index contributed by atoms with van der Waals surface area (Å²) in [6.07, 6.45) is 1.02. The van der Waals surface area contributed by atoms with E-state index in [1.54, 1.807) is 0 Å².